The molecule has 0 radical (unpaired) electrons. The number of aryl methyl sites for hydroxylation is 1. The minimum absolute atomic E-state index is 0.0258. The summed E-state index contributed by atoms with van der Waals surface area (Å²) in [6.07, 6.45) is 4.50. The van der Waals surface area contributed by atoms with Gasteiger partial charge in [0.1, 0.15) is 17.4 Å². The number of amides is 1. The van der Waals surface area contributed by atoms with Gasteiger partial charge in [-0.05, 0) is 31.2 Å². The molecule has 0 unspecified atom stereocenters. The van der Waals surface area contributed by atoms with E-state index in [1.165, 1.54) is 12.5 Å². The van der Waals surface area contributed by atoms with E-state index in [9.17, 15) is 4.79 Å². The molecule has 0 saturated heterocycles. The molecule has 21 heavy (non-hydrogen) atoms. The van der Waals surface area contributed by atoms with Gasteiger partial charge in [-0.25, -0.2) is 0 Å². The van der Waals surface area contributed by atoms with Gasteiger partial charge in [-0.15, -0.1) is 0 Å². The second kappa shape index (κ2) is 6.91. The van der Waals surface area contributed by atoms with E-state index in [-0.39, 0.29) is 12.1 Å². The molecule has 0 aromatic carbocycles. The van der Waals surface area contributed by atoms with Crippen LogP contribution < -0.4 is 10.6 Å². The van der Waals surface area contributed by atoms with Crippen LogP contribution in [0.3, 0.4) is 0 Å². The molecule has 2 heterocycles. The lowest BCUT2D eigenvalue weighted by atomic mass is 10.3. The van der Waals surface area contributed by atoms with Gasteiger partial charge in [-0.2, -0.15) is 5.26 Å². The first-order valence-electron chi connectivity index (χ1n) is 6.29. The average molecular weight is 282 g/mol. The van der Waals surface area contributed by atoms with Crippen molar-refractivity contribution in [2.45, 2.75) is 13.5 Å². The maximum atomic E-state index is 11.8. The lowest BCUT2D eigenvalue weighted by Crippen LogP contribution is -2.24. The van der Waals surface area contributed by atoms with Crippen molar-refractivity contribution in [1.29, 1.82) is 5.26 Å². The van der Waals surface area contributed by atoms with Crippen LogP contribution in [0.2, 0.25) is 0 Å². The summed E-state index contributed by atoms with van der Waals surface area (Å²) < 4.78 is 5.10. The number of carbonyl (C=O) groups is 1. The molecular weight excluding hydrogens is 268 g/mol. The number of aromatic nitrogens is 1. The number of nitrogens with zero attached hydrogens (tertiary/aromatic N) is 2. The van der Waals surface area contributed by atoms with Crippen molar-refractivity contribution in [3.8, 4) is 6.07 Å². The van der Waals surface area contributed by atoms with E-state index in [4.69, 9.17) is 9.68 Å². The Morgan fingerprint density at radius 1 is 1.48 bits per heavy atom. The van der Waals surface area contributed by atoms with Gasteiger partial charge >= 0.3 is 0 Å². The smallest absolute Gasteiger partial charge is 0.263 e. The van der Waals surface area contributed by atoms with Crippen LogP contribution in [0, 0.1) is 18.3 Å². The van der Waals surface area contributed by atoms with Crippen molar-refractivity contribution in [2.24, 2.45) is 0 Å². The first-order chi connectivity index (χ1) is 10.2. The van der Waals surface area contributed by atoms with Gasteiger partial charge in [0.15, 0.2) is 0 Å². The fourth-order valence-corrected chi connectivity index (χ4v) is 1.53. The highest BCUT2D eigenvalue weighted by molar-refractivity contribution is 5.97. The molecule has 0 spiro atoms. The second-order valence-corrected chi connectivity index (χ2v) is 4.26. The Balaban J connectivity index is 1.94. The van der Waals surface area contributed by atoms with E-state index < -0.39 is 5.91 Å². The number of nitrogens with one attached hydrogen (secondary N) is 2. The van der Waals surface area contributed by atoms with Crippen molar-refractivity contribution >= 4 is 11.6 Å². The van der Waals surface area contributed by atoms with Crippen molar-refractivity contribution in [1.82, 2.24) is 10.3 Å². The van der Waals surface area contributed by atoms with Crippen LogP contribution in [0.4, 0.5) is 5.69 Å². The van der Waals surface area contributed by atoms with Crippen LogP contribution in [-0.2, 0) is 11.3 Å². The lowest BCUT2D eigenvalue weighted by molar-refractivity contribution is -0.117. The highest BCUT2D eigenvalue weighted by Gasteiger charge is 2.09. The fourth-order valence-electron chi connectivity index (χ4n) is 1.53. The van der Waals surface area contributed by atoms with Crippen LogP contribution in [0.5, 0.6) is 0 Å². The number of hydrogen-bond acceptors (Lipinski definition) is 5. The lowest BCUT2D eigenvalue weighted by Gasteiger charge is -2.04. The first-order valence-corrected chi connectivity index (χ1v) is 6.29. The highest BCUT2D eigenvalue weighted by Crippen LogP contribution is 2.06. The standard InChI is InChI=1S/C15H14N4O2/c1-11-4-5-13(9-17-11)18-8-12(7-16)15(20)19-10-14-3-2-6-21-14/h2-6,8-9,18H,10H2,1H3,(H,19,20)/b12-8-. The SMILES string of the molecule is Cc1ccc(N/C=C(/C#N)C(=O)NCc2ccco2)cn1. The summed E-state index contributed by atoms with van der Waals surface area (Å²) >= 11 is 0. The molecule has 2 aromatic rings. The predicted octanol–water partition coefficient (Wildman–Crippen LogP) is 2.12. The molecule has 0 aliphatic rings. The molecule has 0 fully saturated rings. The van der Waals surface area contributed by atoms with Crippen molar-refractivity contribution < 1.29 is 9.21 Å². The maximum Gasteiger partial charge on any atom is 0.263 e. The predicted molar refractivity (Wildman–Crippen MR) is 76.8 cm³/mol. The Labute approximate surface area is 122 Å². The van der Waals surface area contributed by atoms with E-state index in [1.54, 1.807) is 18.3 Å². The summed E-state index contributed by atoms with van der Waals surface area (Å²) in [4.78, 5) is 16.0. The zero-order valence-corrected chi connectivity index (χ0v) is 11.5. The van der Waals surface area contributed by atoms with Crippen molar-refractivity contribution in [2.75, 3.05) is 5.32 Å². The number of furan rings is 1. The van der Waals surface area contributed by atoms with Gasteiger partial charge in [0.25, 0.3) is 5.91 Å². The van der Waals surface area contributed by atoms with Gasteiger partial charge in [-0.3, -0.25) is 9.78 Å². The molecule has 6 nitrogen and oxygen atoms in total. The Hall–Kier alpha value is -3.07. The average Bonchev–Trinajstić information content (AvgIpc) is 3.01. The molecule has 0 aliphatic heterocycles. The number of pyridine rings is 1. The van der Waals surface area contributed by atoms with Gasteiger partial charge in [0, 0.05) is 11.9 Å². The molecule has 0 bridgehead atoms. The summed E-state index contributed by atoms with van der Waals surface area (Å²) in [5, 5.41) is 14.5. The Bertz CT molecular complexity index is 667. The number of carbonyl (C=O) groups excluding carboxylic acids is 1. The third-order valence-corrected chi connectivity index (χ3v) is 2.66. The van der Waals surface area contributed by atoms with Gasteiger partial charge in [-0.1, -0.05) is 0 Å². The summed E-state index contributed by atoms with van der Waals surface area (Å²) in [5.74, 6) is 0.151. The molecule has 0 atom stereocenters. The maximum absolute atomic E-state index is 11.8. The fraction of sp³-hybridized carbons (Fsp3) is 0.133. The van der Waals surface area contributed by atoms with E-state index in [0.717, 1.165) is 5.69 Å². The topological polar surface area (TPSA) is 91.0 Å². The van der Waals surface area contributed by atoms with Gasteiger partial charge in [0.05, 0.1) is 24.7 Å². The molecule has 0 aliphatic carbocycles. The Morgan fingerprint density at radius 3 is 2.95 bits per heavy atom. The van der Waals surface area contributed by atoms with Crippen LogP contribution >= 0.6 is 0 Å². The molecular formula is C15H14N4O2. The molecule has 2 aromatic heterocycles. The van der Waals surface area contributed by atoms with Crippen LogP contribution in [0.1, 0.15) is 11.5 Å². The monoisotopic (exact) mass is 282 g/mol. The normalized spacial score (nSPS) is 10.8. The highest BCUT2D eigenvalue weighted by atomic mass is 16.3. The number of anilines is 1. The molecule has 6 heteroatoms. The second-order valence-electron chi connectivity index (χ2n) is 4.26. The largest absolute Gasteiger partial charge is 0.467 e. The van der Waals surface area contributed by atoms with Gasteiger partial charge < -0.3 is 15.1 Å². The quantitative estimate of drug-likeness (QED) is 0.647. The van der Waals surface area contributed by atoms with Crippen LogP contribution in [0.15, 0.2) is 52.9 Å². The van der Waals surface area contributed by atoms with E-state index >= 15 is 0 Å². The van der Waals surface area contributed by atoms with E-state index in [1.807, 2.05) is 25.1 Å². The first kappa shape index (κ1) is 14.3. The van der Waals surface area contributed by atoms with Crippen LogP contribution in [-0.4, -0.2) is 10.9 Å². The van der Waals surface area contributed by atoms with E-state index in [2.05, 4.69) is 15.6 Å². The summed E-state index contributed by atoms with van der Waals surface area (Å²) in [6.45, 7) is 2.11. The summed E-state index contributed by atoms with van der Waals surface area (Å²) in [5.41, 5.74) is 1.57. The third kappa shape index (κ3) is 4.21. The number of rotatable bonds is 5. The number of hydrogen-bond donors (Lipinski definition) is 2. The number of nitriles is 1. The van der Waals surface area contributed by atoms with Gasteiger partial charge in [0.2, 0.25) is 0 Å². The van der Waals surface area contributed by atoms with Crippen molar-refractivity contribution in [3.63, 3.8) is 0 Å². The van der Waals surface area contributed by atoms with E-state index in [0.29, 0.717) is 11.4 Å². The minimum Gasteiger partial charge on any atom is -0.467 e. The Morgan fingerprint density at radius 2 is 2.33 bits per heavy atom. The molecule has 2 N–H and O–H groups in total. The molecule has 106 valence electrons. The zero-order chi connectivity index (χ0) is 15.1. The third-order valence-electron chi connectivity index (χ3n) is 2.66. The zero-order valence-electron chi connectivity index (χ0n) is 11.5. The molecule has 1 amide bonds. The van der Waals surface area contributed by atoms with Crippen LogP contribution in [0.25, 0.3) is 0 Å². The molecule has 2 rings (SSSR count). The summed E-state index contributed by atoms with van der Waals surface area (Å²) in [7, 11) is 0. The van der Waals surface area contributed by atoms with Crippen molar-refractivity contribution in [3.05, 3.63) is 60.0 Å². The minimum atomic E-state index is -0.471. The Kier molecular flexibility index (Phi) is 4.72. The summed E-state index contributed by atoms with van der Waals surface area (Å²) in [6, 6.07) is 8.97. The molecule has 0 saturated carbocycles.